The van der Waals surface area contributed by atoms with E-state index in [1.807, 2.05) is 142 Å². The molecule has 2 atom stereocenters. The number of para-hydroxylation sites is 2. The number of pyridine rings is 3. The topological polar surface area (TPSA) is 150 Å². The lowest BCUT2D eigenvalue weighted by Crippen LogP contribution is -2.44. The van der Waals surface area contributed by atoms with Gasteiger partial charge in [-0.1, -0.05) is 62.0 Å². The predicted octanol–water partition coefficient (Wildman–Crippen LogP) is 7.65. The van der Waals surface area contributed by atoms with Crippen molar-refractivity contribution in [1.82, 2.24) is 15.0 Å². The standard InChI is InChI=1S/C28H22N4O4.C23H19N3O4.CH4/c33-27-28(17-34-22-16-24-23(15-20(22)28)35-18-36-24)19-7-1-2-8-21(19)31(27)13-14-32(25-9-3-5-11-29-25)26-10-4-6-12-30-26;27-22-23(13-28-18-12-20-19(11-16(18)23)29-14-30-20)15-5-1-2-6-17(15)26(22)10-9-25-21-7-3-4-8-24-21;/h1-12,15-16H,13-14,17-18H2;1-8,11-12H,9-10,13-14H2,(H,24,25);1H4. The fourth-order valence-electron chi connectivity index (χ4n) is 9.91. The minimum absolute atomic E-state index is 0. The molecule has 3 aromatic heterocycles. The SMILES string of the molecule is C.O=C1N(CCN(c2ccccn2)c2ccccn2)c2ccccc2C12COc1cc3c(cc12)OCO3.O=C1N(CCNc2ccccn2)c2ccccc2C12COc1cc3c(cc12)OCO3. The van der Waals surface area contributed by atoms with Gasteiger partial charge in [-0.2, -0.15) is 0 Å². The van der Waals surface area contributed by atoms with Gasteiger partial charge in [0.25, 0.3) is 0 Å². The van der Waals surface area contributed by atoms with E-state index in [4.69, 9.17) is 28.4 Å². The van der Waals surface area contributed by atoms with E-state index in [9.17, 15) is 9.59 Å². The van der Waals surface area contributed by atoms with Gasteiger partial charge in [-0.25, -0.2) is 15.0 Å². The van der Waals surface area contributed by atoms with Gasteiger partial charge in [0.2, 0.25) is 25.4 Å². The molecular formula is C52H45N7O8. The normalized spacial score (nSPS) is 19.2. The minimum Gasteiger partial charge on any atom is -0.491 e. The number of nitrogens with one attached hydrogen (secondary N) is 1. The maximum Gasteiger partial charge on any atom is 0.245 e. The molecule has 15 nitrogen and oxygen atoms in total. The molecule has 0 saturated heterocycles. The largest absolute Gasteiger partial charge is 0.491 e. The molecule has 0 fully saturated rings. The molecule has 2 spiro atoms. The lowest BCUT2D eigenvalue weighted by Gasteiger charge is -2.27. The van der Waals surface area contributed by atoms with E-state index in [1.165, 1.54) is 0 Å². The number of carbonyl (C=O) groups excluding carboxylic acids is 2. The first-order valence-electron chi connectivity index (χ1n) is 21.7. The highest BCUT2D eigenvalue weighted by Gasteiger charge is 2.58. The molecule has 9 heterocycles. The van der Waals surface area contributed by atoms with Crippen LogP contribution < -0.4 is 48.4 Å². The van der Waals surface area contributed by atoms with Crippen molar-refractivity contribution in [2.24, 2.45) is 0 Å². The van der Waals surface area contributed by atoms with Gasteiger partial charge < -0.3 is 48.4 Å². The van der Waals surface area contributed by atoms with E-state index in [0.717, 1.165) is 51.1 Å². The van der Waals surface area contributed by atoms with Crippen molar-refractivity contribution in [3.8, 4) is 34.5 Å². The highest BCUT2D eigenvalue weighted by Crippen LogP contribution is 2.56. The first-order valence-corrected chi connectivity index (χ1v) is 21.7. The van der Waals surface area contributed by atoms with E-state index in [1.54, 1.807) is 18.6 Å². The Bertz CT molecular complexity index is 2980. The van der Waals surface area contributed by atoms with Crippen LogP contribution in [-0.2, 0) is 20.4 Å². The Hall–Kier alpha value is -8.33. The van der Waals surface area contributed by atoms with Crippen LogP contribution in [0.25, 0.3) is 0 Å². The zero-order valence-corrected chi connectivity index (χ0v) is 35.5. The van der Waals surface area contributed by atoms with Crippen molar-refractivity contribution in [2.45, 2.75) is 18.3 Å². The van der Waals surface area contributed by atoms with Gasteiger partial charge in [0, 0.05) is 79.4 Å². The monoisotopic (exact) mass is 895 g/mol. The number of carbonyl (C=O) groups is 2. The number of ether oxygens (including phenoxy) is 6. The zero-order valence-electron chi connectivity index (χ0n) is 35.5. The predicted molar refractivity (Wildman–Crippen MR) is 250 cm³/mol. The van der Waals surface area contributed by atoms with Crippen molar-refractivity contribution in [2.75, 3.05) is 73.0 Å². The molecule has 67 heavy (non-hydrogen) atoms. The van der Waals surface area contributed by atoms with E-state index >= 15 is 0 Å². The molecule has 4 aromatic carbocycles. The van der Waals surface area contributed by atoms with Crippen molar-refractivity contribution in [3.05, 3.63) is 168 Å². The molecule has 6 aliphatic heterocycles. The van der Waals surface area contributed by atoms with Gasteiger partial charge in [-0.3, -0.25) is 9.59 Å². The molecule has 7 aromatic rings. The van der Waals surface area contributed by atoms with Gasteiger partial charge in [0.1, 0.15) is 53.0 Å². The summed E-state index contributed by atoms with van der Waals surface area (Å²) in [6.07, 6.45) is 5.26. The Morgan fingerprint density at radius 3 is 1.46 bits per heavy atom. The summed E-state index contributed by atoms with van der Waals surface area (Å²) < 4.78 is 34.3. The molecule has 0 bridgehead atoms. The van der Waals surface area contributed by atoms with Crippen LogP contribution in [0, 0.1) is 0 Å². The quantitative estimate of drug-likeness (QED) is 0.151. The number of hydrogen-bond donors (Lipinski definition) is 1. The van der Waals surface area contributed by atoms with Crippen molar-refractivity contribution in [3.63, 3.8) is 0 Å². The molecule has 0 radical (unpaired) electrons. The third kappa shape index (κ3) is 6.59. The summed E-state index contributed by atoms with van der Waals surface area (Å²) in [7, 11) is 0. The van der Waals surface area contributed by atoms with Crippen LogP contribution in [0.3, 0.4) is 0 Å². The summed E-state index contributed by atoms with van der Waals surface area (Å²) in [6, 6.07) is 40.6. The van der Waals surface area contributed by atoms with E-state index in [2.05, 4.69) is 20.3 Å². The second-order valence-corrected chi connectivity index (χ2v) is 16.4. The molecule has 13 rings (SSSR count). The maximum atomic E-state index is 14.3. The van der Waals surface area contributed by atoms with Crippen molar-refractivity contribution in [1.29, 1.82) is 0 Å². The molecule has 0 aliphatic carbocycles. The lowest BCUT2D eigenvalue weighted by atomic mass is 9.77. The van der Waals surface area contributed by atoms with Crippen LogP contribution >= 0.6 is 0 Å². The zero-order chi connectivity index (χ0) is 44.2. The van der Waals surface area contributed by atoms with E-state index in [0.29, 0.717) is 60.7 Å². The van der Waals surface area contributed by atoms with Gasteiger partial charge in [0.15, 0.2) is 23.0 Å². The number of amides is 2. The van der Waals surface area contributed by atoms with Crippen LogP contribution in [0.2, 0.25) is 0 Å². The summed E-state index contributed by atoms with van der Waals surface area (Å²) in [5, 5.41) is 3.28. The number of rotatable bonds is 9. The summed E-state index contributed by atoms with van der Waals surface area (Å²) in [4.78, 5) is 47.2. The van der Waals surface area contributed by atoms with Crippen molar-refractivity contribution >= 4 is 40.6 Å². The number of benzene rings is 4. The molecule has 336 valence electrons. The van der Waals surface area contributed by atoms with Crippen LogP contribution in [0.1, 0.15) is 29.7 Å². The van der Waals surface area contributed by atoms with E-state index < -0.39 is 10.8 Å². The highest BCUT2D eigenvalue weighted by molar-refractivity contribution is 6.12. The molecule has 1 N–H and O–H groups in total. The number of fused-ring (bicyclic) bond motifs is 10. The summed E-state index contributed by atoms with van der Waals surface area (Å²) >= 11 is 0. The molecule has 0 saturated carbocycles. The van der Waals surface area contributed by atoms with Crippen molar-refractivity contribution < 1.29 is 38.0 Å². The smallest absolute Gasteiger partial charge is 0.245 e. The summed E-state index contributed by atoms with van der Waals surface area (Å²) in [6.45, 7) is 2.92. The summed E-state index contributed by atoms with van der Waals surface area (Å²) in [5.41, 5.74) is 3.58. The third-order valence-electron chi connectivity index (χ3n) is 13.0. The Kier molecular flexibility index (Phi) is 10.2. The van der Waals surface area contributed by atoms with E-state index in [-0.39, 0.29) is 46.0 Å². The minimum atomic E-state index is -0.923. The van der Waals surface area contributed by atoms with Gasteiger partial charge in [-0.15, -0.1) is 0 Å². The Morgan fingerprint density at radius 1 is 0.507 bits per heavy atom. The fraction of sp³-hybridized carbons (Fsp3) is 0.212. The van der Waals surface area contributed by atoms with Crippen LogP contribution in [0.4, 0.5) is 28.8 Å². The Morgan fingerprint density at radius 2 is 0.970 bits per heavy atom. The lowest BCUT2D eigenvalue weighted by molar-refractivity contribution is -0.122. The maximum absolute atomic E-state index is 14.3. The number of hydrogen-bond acceptors (Lipinski definition) is 13. The molecular weight excluding hydrogens is 851 g/mol. The molecule has 6 aliphatic rings. The Labute approximate surface area is 386 Å². The summed E-state index contributed by atoms with van der Waals surface area (Å²) in [5.74, 6) is 6.26. The molecule has 2 unspecified atom stereocenters. The number of aromatic nitrogens is 3. The molecule has 2 amide bonds. The number of nitrogens with zero attached hydrogens (tertiary/aromatic N) is 6. The number of anilines is 5. The van der Waals surface area contributed by atoms with Gasteiger partial charge in [0.05, 0.1) is 0 Å². The average Bonchev–Trinajstić information content (AvgIpc) is 4.24. The van der Waals surface area contributed by atoms with Gasteiger partial charge in [-0.05, 0) is 71.8 Å². The van der Waals surface area contributed by atoms with Crippen LogP contribution in [-0.4, -0.2) is 79.7 Å². The average molecular weight is 896 g/mol. The van der Waals surface area contributed by atoms with Crippen LogP contribution in [0.5, 0.6) is 34.5 Å². The first-order chi connectivity index (χ1) is 32.5. The third-order valence-corrected chi connectivity index (χ3v) is 13.0. The fourth-order valence-corrected chi connectivity index (χ4v) is 9.91. The molecule has 15 heteroatoms. The second-order valence-electron chi connectivity index (χ2n) is 16.4. The first kappa shape index (κ1) is 41.4. The second kappa shape index (κ2) is 16.6. The van der Waals surface area contributed by atoms with Crippen LogP contribution in [0.15, 0.2) is 146 Å². The highest BCUT2D eigenvalue weighted by atomic mass is 16.7. The Balaban J connectivity index is 0.000000148. The van der Waals surface area contributed by atoms with Gasteiger partial charge >= 0.3 is 0 Å².